The standard InChI is InChI=1S/C11H18ClNO2/c12-5-3-9-4-6-13(8-9)11(14)10-2-1-7-15-10/h9-10H,1-8H2. The molecular formula is C11H18ClNO2. The molecule has 2 heterocycles. The third-order valence-corrected chi connectivity index (χ3v) is 3.54. The van der Waals surface area contributed by atoms with E-state index in [0.29, 0.717) is 11.8 Å². The molecule has 15 heavy (non-hydrogen) atoms. The summed E-state index contributed by atoms with van der Waals surface area (Å²) in [5.41, 5.74) is 0. The van der Waals surface area contributed by atoms with Gasteiger partial charge >= 0.3 is 0 Å². The Balaban J connectivity index is 1.81. The van der Waals surface area contributed by atoms with Crippen molar-refractivity contribution in [3.05, 3.63) is 0 Å². The molecule has 0 aromatic heterocycles. The maximum atomic E-state index is 12.0. The fraction of sp³-hybridized carbons (Fsp3) is 0.909. The van der Waals surface area contributed by atoms with E-state index in [1.165, 1.54) is 0 Å². The zero-order valence-electron chi connectivity index (χ0n) is 8.95. The Bertz CT molecular complexity index is 229. The molecule has 0 bridgehead atoms. The number of rotatable bonds is 3. The molecule has 2 unspecified atom stereocenters. The zero-order valence-corrected chi connectivity index (χ0v) is 9.71. The van der Waals surface area contributed by atoms with Crippen molar-refractivity contribution in [2.24, 2.45) is 5.92 Å². The molecule has 0 aliphatic carbocycles. The van der Waals surface area contributed by atoms with Crippen molar-refractivity contribution >= 4 is 17.5 Å². The number of hydrogen-bond acceptors (Lipinski definition) is 2. The highest BCUT2D eigenvalue weighted by Gasteiger charge is 2.32. The summed E-state index contributed by atoms with van der Waals surface area (Å²) >= 11 is 5.71. The number of alkyl halides is 1. The van der Waals surface area contributed by atoms with Crippen LogP contribution in [-0.2, 0) is 9.53 Å². The first-order chi connectivity index (χ1) is 7.31. The lowest BCUT2D eigenvalue weighted by Crippen LogP contribution is -2.37. The maximum Gasteiger partial charge on any atom is 0.251 e. The van der Waals surface area contributed by atoms with Crippen LogP contribution in [0.25, 0.3) is 0 Å². The molecule has 4 heteroatoms. The number of halogens is 1. The molecule has 0 aromatic carbocycles. The monoisotopic (exact) mass is 231 g/mol. The van der Waals surface area contributed by atoms with Gasteiger partial charge in [-0.15, -0.1) is 11.6 Å². The van der Waals surface area contributed by atoms with Crippen molar-refractivity contribution in [2.45, 2.75) is 31.8 Å². The van der Waals surface area contributed by atoms with Gasteiger partial charge in [-0.3, -0.25) is 4.79 Å². The Kier molecular flexibility index (Phi) is 3.87. The number of hydrogen-bond donors (Lipinski definition) is 0. The summed E-state index contributed by atoms with van der Waals surface area (Å²) < 4.78 is 5.41. The highest BCUT2D eigenvalue weighted by atomic mass is 35.5. The first-order valence-electron chi connectivity index (χ1n) is 5.77. The van der Waals surface area contributed by atoms with E-state index in [9.17, 15) is 4.79 Å². The smallest absolute Gasteiger partial charge is 0.251 e. The summed E-state index contributed by atoms with van der Waals surface area (Å²) in [5, 5.41) is 0. The number of carbonyl (C=O) groups excluding carboxylic acids is 1. The minimum atomic E-state index is -0.153. The maximum absolute atomic E-state index is 12.0. The van der Waals surface area contributed by atoms with E-state index in [2.05, 4.69) is 0 Å². The van der Waals surface area contributed by atoms with Crippen LogP contribution in [0.4, 0.5) is 0 Å². The number of ether oxygens (including phenoxy) is 1. The third kappa shape index (κ3) is 2.64. The summed E-state index contributed by atoms with van der Waals surface area (Å²) in [7, 11) is 0. The van der Waals surface area contributed by atoms with Crippen LogP contribution < -0.4 is 0 Å². The second-order valence-corrected chi connectivity index (χ2v) is 4.80. The molecule has 86 valence electrons. The lowest BCUT2D eigenvalue weighted by Gasteiger charge is -2.19. The summed E-state index contributed by atoms with van der Waals surface area (Å²) in [4.78, 5) is 13.9. The summed E-state index contributed by atoms with van der Waals surface area (Å²) in [6.07, 6.45) is 3.90. The van der Waals surface area contributed by atoms with Crippen molar-refractivity contribution in [2.75, 3.05) is 25.6 Å². The second-order valence-electron chi connectivity index (χ2n) is 4.42. The quantitative estimate of drug-likeness (QED) is 0.692. The van der Waals surface area contributed by atoms with Gasteiger partial charge in [0.15, 0.2) is 0 Å². The highest BCUT2D eigenvalue weighted by Crippen LogP contribution is 2.23. The van der Waals surface area contributed by atoms with Crippen LogP contribution in [0.3, 0.4) is 0 Å². The van der Waals surface area contributed by atoms with E-state index in [-0.39, 0.29) is 12.0 Å². The highest BCUT2D eigenvalue weighted by molar-refractivity contribution is 6.17. The van der Waals surface area contributed by atoms with E-state index in [1.54, 1.807) is 0 Å². The van der Waals surface area contributed by atoms with Gasteiger partial charge in [0.2, 0.25) is 0 Å². The topological polar surface area (TPSA) is 29.5 Å². The second kappa shape index (κ2) is 5.17. The fourth-order valence-corrected chi connectivity index (χ4v) is 2.71. The van der Waals surface area contributed by atoms with Crippen molar-refractivity contribution in [1.29, 1.82) is 0 Å². The van der Waals surface area contributed by atoms with Crippen molar-refractivity contribution < 1.29 is 9.53 Å². The van der Waals surface area contributed by atoms with Gasteiger partial charge in [0.05, 0.1) is 0 Å². The van der Waals surface area contributed by atoms with Crippen LogP contribution in [0.15, 0.2) is 0 Å². The lowest BCUT2D eigenvalue weighted by molar-refractivity contribution is -0.139. The normalized spacial score (nSPS) is 31.1. The first kappa shape index (κ1) is 11.2. The predicted molar refractivity (Wildman–Crippen MR) is 59.0 cm³/mol. The Morgan fingerprint density at radius 3 is 3.00 bits per heavy atom. The molecule has 2 saturated heterocycles. The van der Waals surface area contributed by atoms with Crippen LogP contribution in [0.5, 0.6) is 0 Å². The van der Waals surface area contributed by atoms with Gasteiger partial charge in [-0.05, 0) is 31.6 Å². The Labute approximate surface area is 95.7 Å². The Morgan fingerprint density at radius 2 is 2.33 bits per heavy atom. The molecular weight excluding hydrogens is 214 g/mol. The molecule has 2 atom stereocenters. The van der Waals surface area contributed by atoms with E-state index >= 15 is 0 Å². The molecule has 3 nitrogen and oxygen atoms in total. The zero-order chi connectivity index (χ0) is 10.7. The SMILES string of the molecule is O=C(C1CCCO1)N1CCC(CCCl)C1. The van der Waals surface area contributed by atoms with Crippen LogP contribution in [0.1, 0.15) is 25.7 Å². The molecule has 1 amide bonds. The average Bonchev–Trinajstić information content (AvgIpc) is 2.87. The molecule has 0 aromatic rings. The number of amides is 1. The van der Waals surface area contributed by atoms with E-state index < -0.39 is 0 Å². The minimum absolute atomic E-state index is 0.153. The van der Waals surface area contributed by atoms with E-state index in [0.717, 1.165) is 45.4 Å². The van der Waals surface area contributed by atoms with Crippen LogP contribution in [-0.4, -0.2) is 42.5 Å². The van der Waals surface area contributed by atoms with Crippen molar-refractivity contribution in [3.8, 4) is 0 Å². The molecule has 0 N–H and O–H groups in total. The molecule has 2 rings (SSSR count). The molecule has 2 fully saturated rings. The van der Waals surface area contributed by atoms with Gasteiger partial charge in [0, 0.05) is 25.6 Å². The first-order valence-corrected chi connectivity index (χ1v) is 6.31. The summed E-state index contributed by atoms with van der Waals surface area (Å²) in [6.45, 7) is 2.51. The molecule has 0 spiro atoms. The number of carbonyl (C=O) groups is 1. The van der Waals surface area contributed by atoms with Gasteiger partial charge < -0.3 is 9.64 Å². The number of nitrogens with zero attached hydrogens (tertiary/aromatic N) is 1. The van der Waals surface area contributed by atoms with Crippen molar-refractivity contribution in [3.63, 3.8) is 0 Å². The van der Waals surface area contributed by atoms with Crippen LogP contribution >= 0.6 is 11.6 Å². The summed E-state index contributed by atoms with van der Waals surface area (Å²) in [5.74, 6) is 1.50. The largest absolute Gasteiger partial charge is 0.368 e. The fourth-order valence-electron chi connectivity index (χ4n) is 2.40. The van der Waals surface area contributed by atoms with E-state index in [1.807, 2.05) is 4.90 Å². The van der Waals surface area contributed by atoms with E-state index in [4.69, 9.17) is 16.3 Å². The molecule has 0 saturated carbocycles. The van der Waals surface area contributed by atoms with Gasteiger partial charge in [0.1, 0.15) is 6.10 Å². The third-order valence-electron chi connectivity index (χ3n) is 3.32. The van der Waals surface area contributed by atoms with Crippen molar-refractivity contribution in [1.82, 2.24) is 4.90 Å². The summed E-state index contributed by atoms with van der Waals surface area (Å²) in [6, 6.07) is 0. The number of likely N-dealkylation sites (tertiary alicyclic amines) is 1. The van der Waals surface area contributed by atoms with Gasteiger partial charge in [0.25, 0.3) is 5.91 Å². The minimum Gasteiger partial charge on any atom is -0.368 e. The predicted octanol–water partition coefficient (Wildman–Crippen LogP) is 1.64. The Morgan fingerprint density at radius 1 is 1.47 bits per heavy atom. The van der Waals surface area contributed by atoms with Crippen LogP contribution in [0, 0.1) is 5.92 Å². The van der Waals surface area contributed by atoms with Gasteiger partial charge in [-0.1, -0.05) is 0 Å². The molecule has 0 radical (unpaired) electrons. The Hall–Kier alpha value is -0.280. The average molecular weight is 232 g/mol. The van der Waals surface area contributed by atoms with Gasteiger partial charge in [-0.2, -0.15) is 0 Å². The molecule has 2 aliphatic heterocycles. The molecule has 2 aliphatic rings. The van der Waals surface area contributed by atoms with Crippen LogP contribution in [0.2, 0.25) is 0 Å². The lowest BCUT2D eigenvalue weighted by atomic mass is 10.1. The van der Waals surface area contributed by atoms with Gasteiger partial charge in [-0.25, -0.2) is 0 Å².